The summed E-state index contributed by atoms with van der Waals surface area (Å²) in [5.74, 6) is -0.810. The number of rotatable bonds is 2. The molecule has 0 rings (SSSR count). The second-order valence-electron chi connectivity index (χ2n) is 2.27. The number of allylic oxidation sites excluding steroid dienone is 1. The maximum Gasteiger partial charge on any atom is 0.307 e. The zero-order valence-electron chi connectivity index (χ0n) is 9.53. The van der Waals surface area contributed by atoms with E-state index < -0.39 is 5.91 Å². The Bertz CT molecular complexity index is 301. The van der Waals surface area contributed by atoms with Crippen LogP contribution >= 0.6 is 0 Å². The van der Waals surface area contributed by atoms with Crippen molar-refractivity contribution in [3.05, 3.63) is 37.6 Å². The summed E-state index contributed by atoms with van der Waals surface area (Å²) in [6, 6.07) is 1.83. The highest BCUT2D eigenvalue weighted by Gasteiger charge is 1.79. The van der Waals surface area contributed by atoms with E-state index >= 15 is 0 Å². The highest BCUT2D eigenvalue weighted by Crippen LogP contribution is 1.74. The van der Waals surface area contributed by atoms with Crippen LogP contribution in [-0.4, -0.2) is 11.9 Å². The van der Waals surface area contributed by atoms with Crippen LogP contribution in [0.1, 0.15) is 13.8 Å². The van der Waals surface area contributed by atoms with E-state index in [0.29, 0.717) is 5.57 Å². The monoisotopic (exact) mass is 224 g/mol. The van der Waals surface area contributed by atoms with Gasteiger partial charge in [0.05, 0.1) is 12.3 Å². The molecule has 0 spiro atoms. The van der Waals surface area contributed by atoms with E-state index in [9.17, 15) is 9.59 Å². The third-order valence-electron chi connectivity index (χ3n) is 0.641. The molecule has 0 aromatic heterocycles. The lowest BCUT2D eigenvalue weighted by molar-refractivity contribution is -0.135. The van der Waals surface area contributed by atoms with Crippen LogP contribution in [0.3, 0.4) is 0 Å². The van der Waals surface area contributed by atoms with Crippen molar-refractivity contribution in [1.29, 1.82) is 5.26 Å². The summed E-state index contributed by atoms with van der Waals surface area (Å²) in [6.07, 6.45) is 2.16. The van der Waals surface area contributed by atoms with Gasteiger partial charge in [-0.25, -0.2) is 0 Å². The minimum absolute atomic E-state index is 0.329. The molecule has 5 heteroatoms. The summed E-state index contributed by atoms with van der Waals surface area (Å²) < 4.78 is 4.17. The van der Waals surface area contributed by atoms with Crippen molar-refractivity contribution in [2.45, 2.75) is 13.8 Å². The minimum atomic E-state index is -0.481. The predicted molar refractivity (Wildman–Crippen MR) is 61.8 cm³/mol. The van der Waals surface area contributed by atoms with Crippen LogP contribution in [0.15, 0.2) is 37.6 Å². The molecule has 5 nitrogen and oxygen atoms in total. The van der Waals surface area contributed by atoms with Crippen molar-refractivity contribution in [2.24, 2.45) is 5.73 Å². The number of primary amides is 1. The Morgan fingerprint density at radius 2 is 1.69 bits per heavy atom. The first-order valence-corrected chi connectivity index (χ1v) is 4.07. The van der Waals surface area contributed by atoms with Crippen molar-refractivity contribution < 1.29 is 14.3 Å². The Morgan fingerprint density at radius 1 is 1.38 bits per heavy atom. The van der Waals surface area contributed by atoms with Crippen molar-refractivity contribution in [2.75, 3.05) is 0 Å². The van der Waals surface area contributed by atoms with E-state index in [4.69, 9.17) is 5.26 Å². The van der Waals surface area contributed by atoms with Gasteiger partial charge >= 0.3 is 5.97 Å². The van der Waals surface area contributed by atoms with Gasteiger partial charge < -0.3 is 10.5 Å². The molecule has 0 heterocycles. The number of ether oxygens (including phenoxy) is 1. The molecule has 0 saturated carbocycles. The maximum absolute atomic E-state index is 9.75. The van der Waals surface area contributed by atoms with Crippen LogP contribution in [0.25, 0.3) is 0 Å². The lowest BCUT2D eigenvalue weighted by Crippen LogP contribution is -2.04. The van der Waals surface area contributed by atoms with E-state index in [1.54, 1.807) is 6.92 Å². The van der Waals surface area contributed by atoms with Crippen LogP contribution in [0.2, 0.25) is 0 Å². The number of amides is 1. The maximum atomic E-state index is 9.75. The highest BCUT2D eigenvalue weighted by atomic mass is 16.5. The Balaban J connectivity index is -0.000000160. The largest absolute Gasteiger partial charge is 0.435 e. The van der Waals surface area contributed by atoms with Gasteiger partial charge in [0.1, 0.15) is 0 Å². The van der Waals surface area contributed by atoms with Crippen molar-refractivity contribution in [3.63, 3.8) is 0 Å². The number of hydrogen-bond acceptors (Lipinski definition) is 4. The van der Waals surface area contributed by atoms with Crippen LogP contribution in [0.5, 0.6) is 0 Å². The van der Waals surface area contributed by atoms with E-state index in [1.807, 2.05) is 6.07 Å². The Kier molecular flexibility index (Phi) is 18.2. The number of hydrogen-bond donors (Lipinski definition) is 1. The number of nitrogens with zero attached hydrogens (tertiary/aromatic N) is 1. The molecule has 0 bridgehead atoms. The van der Waals surface area contributed by atoms with Gasteiger partial charge in [-0.2, -0.15) is 5.26 Å². The molecule has 0 fully saturated rings. The molecular formula is C11H16N2O3. The molecule has 0 aliphatic carbocycles. The molecule has 0 aromatic carbocycles. The Hall–Kier alpha value is -2.35. The van der Waals surface area contributed by atoms with E-state index in [-0.39, 0.29) is 5.97 Å². The lowest BCUT2D eigenvalue weighted by atomic mass is 10.4. The van der Waals surface area contributed by atoms with E-state index in [1.165, 1.54) is 6.92 Å². The van der Waals surface area contributed by atoms with Gasteiger partial charge in [0.25, 0.3) is 0 Å². The number of carbonyl (C=O) groups is 2. The summed E-state index contributed by atoms with van der Waals surface area (Å²) in [5.41, 5.74) is 5.09. The first-order valence-electron chi connectivity index (χ1n) is 4.07. The number of esters is 1. The molecule has 16 heavy (non-hydrogen) atoms. The van der Waals surface area contributed by atoms with Gasteiger partial charge in [0.2, 0.25) is 5.91 Å². The third-order valence-corrected chi connectivity index (χ3v) is 0.641. The minimum Gasteiger partial charge on any atom is -0.435 e. The smallest absolute Gasteiger partial charge is 0.307 e. The zero-order chi connectivity index (χ0) is 13.6. The first-order chi connectivity index (χ1) is 7.31. The fourth-order valence-corrected chi connectivity index (χ4v) is 0.117. The van der Waals surface area contributed by atoms with Gasteiger partial charge in [-0.1, -0.05) is 19.7 Å². The SMILES string of the molecule is C=C(C)C#N.C=CC(N)=O.C=COC(C)=O. The molecule has 0 atom stereocenters. The quantitative estimate of drug-likeness (QED) is 0.332. The summed E-state index contributed by atoms with van der Waals surface area (Å²) in [5, 5.41) is 7.79. The molecule has 88 valence electrons. The number of nitriles is 1. The van der Waals surface area contributed by atoms with Gasteiger partial charge in [-0.3, -0.25) is 9.59 Å². The average Bonchev–Trinajstić information content (AvgIpc) is 2.19. The van der Waals surface area contributed by atoms with Crippen LogP contribution < -0.4 is 5.73 Å². The van der Waals surface area contributed by atoms with Crippen LogP contribution in [0.4, 0.5) is 0 Å². The van der Waals surface area contributed by atoms with Gasteiger partial charge in [0.15, 0.2) is 0 Å². The fraction of sp³-hybridized carbons (Fsp3) is 0.182. The van der Waals surface area contributed by atoms with E-state index in [0.717, 1.165) is 12.3 Å². The molecule has 0 saturated heterocycles. The summed E-state index contributed by atoms with van der Waals surface area (Å²) in [6.45, 7) is 12.5. The standard InChI is InChI=1S/C4H5N.C4H6O2.C3H5NO/c1-4(2)3-5;1-3-6-4(2)5;1-2-3(4)5/h1H2,2H3;3H,1H2,2H3;2H,1H2,(H2,4,5). The zero-order valence-corrected chi connectivity index (χ0v) is 9.53. The summed E-state index contributed by atoms with van der Waals surface area (Å²) >= 11 is 0. The molecule has 1 amide bonds. The third kappa shape index (κ3) is 61.1. The van der Waals surface area contributed by atoms with Gasteiger partial charge in [0, 0.05) is 12.5 Å². The highest BCUT2D eigenvalue weighted by molar-refractivity contribution is 5.84. The fourth-order valence-electron chi connectivity index (χ4n) is 0.117. The van der Waals surface area contributed by atoms with Crippen molar-refractivity contribution in [3.8, 4) is 6.07 Å². The molecule has 0 unspecified atom stereocenters. The van der Waals surface area contributed by atoms with Gasteiger partial charge in [-0.15, -0.1) is 0 Å². The molecular weight excluding hydrogens is 208 g/mol. The number of carbonyl (C=O) groups excluding carboxylic acids is 2. The van der Waals surface area contributed by atoms with Crippen LogP contribution in [-0.2, 0) is 14.3 Å². The lowest BCUT2D eigenvalue weighted by Gasteiger charge is -1.83. The Labute approximate surface area is 95.5 Å². The van der Waals surface area contributed by atoms with E-state index in [2.05, 4.69) is 30.2 Å². The Morgan fingerprint density at radius 3 is 1.69 bits per heavy atom. The molecule has 0 aliphatic rings. The van der Waals surface area contributed by atoms with Crippen LogP contribution in [0, 0.1) is 11.3 Å². The number of nitrogens with two attached hydrogens (primary N) is 1. The first kappa shape index (κ1) is 19.3. The van der Waals surface area contributed by atoms with Gasteiger partial charge in [-0.05, 0) is 13.0 Å². The topological polar surface area (TPSA) is 93.2 Å². The molecule has 2 N–H and O–H groups in total. The summed E-state index contributed by atoms with van der Waals surface area (Å²) in [4.78, 5) is 19.2. The average molecular weight is 224 g/mol. The summed E-state index contributed by atoms with van der Waals surface area (Å²) in [7, 11) is 0. The second kappa shape index (κ2) is 15.1. The molecule has 0 aliphatic heterocycles. The van der Waals surface area contributed by atoms with Crippen molar-refractivity contribution in [1.82, 2.24) is 0 Å². The molecule has 0 radical (unpaired) electrons. The second-order valence-corrected chi connectivity index (χ2v) is 2.27. The normalized spacial score (nSPS) is 6.31. The van der Waals surface area contributed by atoms with Crippen molar-refractivity contribution >= 4 is 11.9 Å². The predicted octanol–water partition coefficient (Wildman–Crippen LogP) is 1.44. The molecule has 0 aromatic rings.